The number of nitrogens with zero attached hydrogens (tertiary/aromatic N) is 5. The lowest BCUT2D eigenvalue weighted by atomic mass is 10.0. The number of pyridine rings is 1. The van der Waals surface area contributed by atoms with Gasteiger partial charge in [-0.1, -0.05) is 0 Å². The third-order valence-electron chi connectivity index (χ3n) is 7.06. The molecular formula is C27H27F3IN5O4S. The Morgan fingerprint density at radius 3 is 2.61 bits per heavy atom. The number of rotatable bonds is 6. The van der Waals surface area contributed by atoms with Crippen LogP contribution < -0.4 is 19.3 Å². The first-order valence-corrected chi connectivity index (χ1v) is 14.6. The molecule has 5 rings (SSSR count). The Kier molecular flexibility index (Phi) is 8.23. The van der Waals surface area contributed by atoms with E-state index >= 15 is 0 Å². The van der Waals surface area contributed by atoms with Gasteiger partial charge in [-0.05, 0) is 59.8 Å². The average Bonchev–Trinajstić information content (AvgIpc) is 3.32. The van der Waals surface area contributed by atoms with Crippen LogP contribution in [0.25, 0.3) is 0 Å². The second-order valence-corrected chi connectivity index (χ2v) is 12.6. The van der Waals surface area contributed by atoms with E-state index in [2.05, 4.69) is 32.5 Å². The summed E-state index contributed by atoms with van der Waals surface area (Å²) in [5, 5.41) is 9.90. The van der Waals surface area contributed by atoms with Crippen LogP contribution in [0.1, 0.15) is 29.8 Å². The van der Waals surface area contributed by atoms with E-state index in [1.807, 2.05) is 30.0 Å². The summed E-state index contributed by atoms with van der Waals surface area (Å²) in [4.78, 5) is 27.7. The SMILES string of the molecule is COc1cc(N2CCN(C3=Nc4cc(I)sc4[C@@H](CC(=O)O)N3c3cc(C(F)(F)F)ccc3OC)C[C@H]2C)ccn1. The van der Waals surface area contributed by atoms with Gasteiger partial charge in [-0.15, -0.1) is 11.3 Å². The van der Waals surface area contributed by atoms with Crippen molar-refractivity contribution >= 4 is 62.9 Å². The quantitative estimate of drug-likeness (QED) is 0.313. The monoisotopic (exact) mass is 701 g/mol. The summed E-state index contributed by atoms with van der Waals surface area (Å²) in [5.41, 5.74) is 0.801. The molecule has 0 aliphatic carbocycles. The highest BCUT2D eigenvalue weighted by Gasteiger charge is 2.41. The summed E-state index contributed by atoms with van der Waals surface area (Å²) >= 11 is 3.53. The van der Waals surface area contributed by atoms with Crippen molar-refractivity contribution in [2.24, 2.45) is 4.99 Å². The number of ether oxygens (including phenoxy) is 2. The highest BCUT2D eigenvalue weighted by Crippen LogP contribution is 2.48. The van der Waals surface area contributed by atoms with Crippen molar-refractivity contribution < 1.29 is 32.5 Å². The molecule has 0 unspecified atom stereocenters. The predicted octanol–water partition coefficient (Wildman–Crippen LogP) is 6.02. The normalized spacial score (nSPS) is 19.1. The number of halogens is 4. The van der Waals surface area contributed by atoms with E-state index in [1.165, 1.54) is 24.5 Å². The Bertz CT molecular complexity index is 1480. The number of guanidine groups is 1. The molecule has 1 saturated heterocycles. The Labute approximate surface area is 252 Å². The number of alkyl halides is 3. The third kappa shape index (κ3) is 5.89. The van der Waals surface area contributed by atoms with Gasteiger partial charge in [0.1, 0.15) is 5.75 Å². The second-order valence-electron chi connectivity index (χ2n) is 9.62. The van der Waals surface area contributed by atoms with E-state index < -0.39 is 23.8 Å². The number of thiophene rings is 1. The third-order valence-corrected chi connectivity index (χ3v) is 9.05. The summed E-state index contributed by atoms with van der Waals surface area (Å²) in [7, 11) is 2.93. The summed E-state index contributed by atoms with van der Waals surface area (Å²) in [6.07, 6.45) is -3.27. The minimum Gasteiger partial charge on any atom is -0.495 e. The number of piperazine rings is 1. The highest BCUT2D eigenvalue weighted by molar-refractivity contribution is 14.1. The summed E-state index contributed by atoms with van der Waals surface area (Å²) in [6.45, 7) is 3.60. The van der Waals surface area contributed by atoms with Crippen LogP contribution in [-0.4, -0.2) is 66.8 Å². The van der Waals surface area contributed by atoms with E-state index in [1.54, 1.807) is 18.2 Å². The van der Waals surface area contributed by atoms with Crippen LogP contribution in [0.2, 0.25) is 0 Å². The van der Waals surface area contributed by atoms with Crippen LogP contribution in [0, 0.1) is 2.88 Å². The molecule has 0 bridgehead atoms. The zero-order valence-electron chi connectivity index (χ0n) is 22.4. The molecule has 14 heteroatoms. The van der Waals surface area contributed by atoms with E-state index in [0.29, 0.717) is 42.0 Å². The number of benzene rings is 1. The Hall–Kier alpha value is -3.27. The Balaban J connectivity index is 1.60. The molecule has 0 spiro atoms. The number of anilines is 2. The molecule has 0 radical (unpaired) electrons. The molecule has 0 amide bonds. The van der Waals surface area contributed by atoms with E-state index in [0.717, 1.165) is 20.7 Å². The van der Waals surface area contributed by atoms with Crippen molar-refractivity contribution in [2.45, 2.75) is 31.6 Å². The number of carbonyl (C=O) groups is 1. The molecule has 1 N–H and O–H groups in total. The molecule has 218 valence electrons. The van der Waals surface area contributed by atoms with E-state index in [-0.39, 0.29) is 23.9 Å². The second kappa shape index (κ2) is 11.5. The molecule has 1 aromatic carbocycles. The number of carboxylic acids is 1. The van der Waals surface area contributed by atoms with Gasteiger partial charge in [0.25, 0.3) is 0 Å². The van der Waals surface area contributed by atoms with Gasteiger partial charge in [-0.3, -0.25) is 9.69 Å². The van der Waals surface area contributed by atoms with Crippen LogP contribution in [-0.2, 0) is 11.0 Å². The standard InChI is InChI=1S/C27H27F3IN5O4S/c1-15-14-34(8-9-35(15)17-6-7-32-23(11-17)40-3)26-33-18-12-22(31)41-25(18)20(13-24(37)38)36(26)19-10-16(27(28,29)30)4-5-21(19)39-2/h4-7,10-12,15,20H,8-9,13-14H2,1-3H3,(H,37,38)/t15-,20-/m1/s1. The summed E-state index contributed by atoms with van der Waals surface area (Å²) < 4.78 is 53.3. The summed E-state index contributed by atoms with van der Waals surface area (Å²) in [6, 6.07) is 8.04. The molecule has 2 atom stereocenters. The van der Waals surface area contributed by atoms with Crippen molar-refractivity contribution in [3.05, 3.63) is 55.9 Å². The van der Waals surface area contributed by atoms with Gasteiger partial charge in [0.05, 0.1) is 51.4 Å². The molecule has 4 heterocycles. The number of methoxy groups -OCH3 is 2. The number of aromatic nitrogens is 1. The molecular weight excluding hydrogens is 674 g/mol. The Morgan fingerprint density at radius 2 is 1.95 bits per heavy atom. The van der Waals surface area contributed by atoms with Crippen molar-refractivity contribution in [3.63, 3.8) is 0 Å². The number of hydrogen-bond acceptors (Lipinski definition) is 9. The minimum absolute atomic E-state index is 0.0225. The maximum atomic E-state index is 13.9. The summed E-state index contributed by atoms with van der Waals surface area (Å²) in [5.74, 6) is -0.0141. The van der Waals surface area contributed by atoms with Gasteiger partial charge in [-0.2, -0.15) is 13.2 Å². The first-order chi connectivity index (χ1) is 19.5. The van der Waals surface area contributed by atoms with Gasteiger partial charge in [0.2, 0.25) is 11.8 Å². The van der Waals surface area contributed by atoms with Crippen molar-refractivity contribution in [1.29, 1.82) is 0 Å². The van der Waals surface area contributed by atoms with Crippen molar-refractivity contribution in [3.8, 4) is 11.6 Å². The largest absolute Gasteiger partial charge is 0.495 e. The van der Waals surface area contributed by atoms with Gasteiger partial charge in [0.15, 0.2) is 0 Å². The fourth-order valence-corrected chi connectivity index (χ4v) is 7.15. The van der Waals surface area contributed by atoms with Crippen molar-refractivity contribution in [2.75, 3.05) is 43.7 Å². The van der Waals surface area contributed by atoms with Crippen LogP contribution in [0.5, 0.6) is 11.6 Å². The molecule has 0 saturated carbocycles. The predicted molar refractivity (Wildman–Crippen MR) is 159 cm³/mol. The minimum atomic E-state index is -4.61. The fraction of sp³-hybridized carbons (Fsp3) is 0.370. The van der Waals surface area contributed by atoms with Crippen molar-refractivity contribution in [1.82, 2.24) is 9.88 Å². The lowest BCUT2D eigenvalue weighted by Gasteiger charge is -2.47. The molecule has 41 heavy (non-hydrogen) atoms. The van der Waals surface area contributed by atoms with Crippen LogP contribution in [0.3, 0.4) is 0 Å². The van der Waals surface area contributed by atoms with Gasteiger partial charge >= 0.3 is 12.1 Å². The van der Waals surface area contributed by atoms with Crippen LogP contribution in [0.15, 0.2) is 47.6 Å². The van der Waals surface area contributed by atoms with Gasteiger partial charge in [0, 0.05) is 43.6 Å². The zero-order chi connectivity index (χ0) is 29.5. The molecule has 1 fully saturated rings. The highest BCUT2D eigenvalue weighted by atomic mass is 127. The molecule has 2 aliphatic heterocycles. The molecule has 9 nitrogen and oxygen atoms in total. The van der Waals surface area contributed by atoms with Crippen LogP contribution in [0.4, 0.5) is 30.2 Å². The maximum Gasteiger partial charge on any atom is 0.416 e. The topological polar surface area (TPSA) is 90.7 Å². The van der Waals surface area contributed by atoms with Gasteiger partial charge < -0.3 is 24.4 Å². The molecule has 2 aromatic heterocycles. The smallest absolute Gasteiger partial charge is 0.416 e. The number of aliphatic carboxylic acids is 1. The lowest BCUT2D eigenvalue weighted by Crippen LogP contribution is -2.58. The number of carboxylic acid groups (broad SMARTS) is 1. The maximum absolute atomic E-state index is 13.9. The Morgan fingerprint density at radius 1 is 1.17 bits per heavy atom. The number of aliphatic imine (C=N–C) groups is 1. The van der Waals surface area contributed by atoms with Gasteiger partial charge in [-0.25, -0.2) is 9.98 Å². The molecule has 2 aliphatic rings. The lowest BCUT2D eigenvalue weighted by molar-refractivity contribution is -0.138. The van der Waals surface area contributed by atoms with Crippen LogP contribution >= 0.6 is 33.9 Å². The number of hydrogen-bond donors (Lipinski definition) is 1. The van der Waals surface area contributed by atoms with E-state index in [9.17, 15) is 23.1 Å². The average molecular weight is 702 g/mol. The zero-order valence-corrected chi connectivity index (χ0v) is 25.3. The van der Waals surface area contributed by atoms with E-state index in [4.69, 9.17) is 14.5 Å². The fourth-order valence-electron chi connectivity index (χ4n) is 5.22. The molecule has 3 aromatic rings. The number of fused-ring (bicyclic) bond motifs is 1. The first-order valence-electron chi connectivity index (χ1n) is 12.7. The first kappa shape index (κ1) is 29.2.